The molecular formula is C18H33NaO2. The first-order valence-electron chi connectivity index (χ1n) is 8.29. The van der Waals surface area contributed by atoms with Crippen LogP contribution >= 0.6 is 0 Å². The molecule has 118 valence electrons. The largest absolute Gasteiger partial charge is 1.00 e. The Labute approximate surface area is 154 Å². The Kier molecular flexibility index (Phi) is 22.1. The Balaban J connectivity index is -0.00000180. The first-order chi connectivity index (χ1) is 9.77. The van der Waals surface area contributed by atoms with E-state index in [-0.39, 0.29) is 31.0 Å². The van der Waals surface area contributed by atoms with Crippen LogP contribution in [0.25, 0.3) is 0 Å². The third kappa shape index (κ3) is 22.4. The van der Waals surface area contributed by atoms with Crippen LogP contribution in [-0.2, 0) is 4.79 Å². The molecule has 0 aromatic rings. The standard InChI is InChI=1S/C18H32O2.Na.H/c1-2-3-4-5-6-7-8-9-10-11-12-13-14-15-16-17-18(19)20;;/h6-7,9-10H,2-5,8,11-17H2,1H3,(H,19,20);;/q;+1;-1/b7-6-,10-9-;;. The Morgan fingerprint density at radius 2 is 1.38 bits per heavy atom. The Morgan fingerprint density at radius 1 is 0.857 bits per heavy atom. The van der Waals surface area contributed by atoms with E-state index in [0.29, 0.717) is 6.42 Å². The molecule has 0 heterocycles. The topological polar surface area (TPSA) is 37.3 Å². The van der Waals surface area contributed by atoms with Gasteiger partial charge < -0.3 is 6.53 Å². The van der Waals surface area contributed by atoms with Gasteiger partial charge in [-0.1, -0.05) is 63.3 Å². The van der Waals surface area contributed by atoms with E-state index < -0.39 is 5.97 Å². The quantitative estimate of drug-likeness (QED) is 0.304. The molecule has 0 radical (unpaired) electrons. The van der Waals surface area contributed by atoms with E-state index in [1.807, 2.05) is 0 Å². The first-order valence-corrected chi connectivity index (χ1v) is 8.29. The van der Waals surface area contributed by atoms with Crippen molar-refractivity contribution < 1.29 is 40.9 Å². The van der Waals surface area contributed by atoms with Crippen molar-refractivity contribution in [2.75, 3.05) is 0 Å². The smallest absolute Gasteiger partial charge is 1.00 e. The maximum atomic E-state index is 10.3. The molecule has 2 nitrogen and oxygen atoms in total. The molecule has 0 spiro atoms. The molecular weight excluding hydrogens is 271 g/mol. The van der Waals surface area contributed by atoms with Crippen LogP contribution in [0.2, 0.25) is 0 Å². The summed E-state index contributed by atoms with van der Waals surface area (Å²) in [7, 11) is 0. The molecule has 0 bridgehead atoms. The molecule has 0 fully saturated rings. The Hall–Kier alpha value is -0.0500. The van der Waals surface area contributed by atoms with Crippen molar-refractivity contribution in [3.63, 3.8) is 0 Å². The first kappa shape index (κ1) is 23.2. The predicted molar refractivity (Wildman–Crippen MR) is 88.1 cm³/mol. The Bertz CT molecular complexity index is 278. The number of allylic oxidation sites excluding steroid dienone is 4. The van der Waals surface area contributed by atoms with Crippen LogP contribution in [0.5, 0.6) is 0 Å². The van der Waals surface area contributed by atoms with Gasteiger partial charge in [-0.25, -0.2) is 0 Å². The van der Waals surface area contributed by atoms with Crippen molar-refractivity contribution >= 4 is 5.97 Å². The van der Waals surface area contributed by atoms with Gasteiger partial charge in [0.1, 0.15) is 0 Å². The van der Waals surface area contributed by atoms with Crippen molar-refractivity contribution in [1.29, 1.82) is 0 Å². The molecule has 0 aromatic carbocycles. The zero-order valence-corrected chi connectivity index (χ0v) is 16.2. The molecule has 0 saturated heterocycles. The molecule has 0 saturated carbocycles. The Morgan fingerprint density at radius 3 is 1.95 bits per heavy atom. The van der Waals surface area contributed by atoms with Crippen LogP contribution in [-0.4, -0.2) is 11.1 Å². The SMILES string of the molecule is CCCCC/C=C\C/C=C\CCCCCCCC(=O)O.[H-].[Na+]. The molecule has 3 heteroatoms. The van der Waals surface area contributed by atoms with Crippen LogP contribution < -0.4 is 29.6 Å². The van der Waals surface area contributed by atoms with Crippen molar-refractivity contribution in [1.82, 2.24) is 0 Å². The zero-order chi connectivity index (χ0) is 14.9. The fourth-order valence-corrected chi connectivity index (χ4v) is 2.09. The van der Waals surface area contributed by atoms with E-state index in [2.05, 4.69) is 31.2 Å². The second-order valence-electron chi connectivity index (χ2n) is 5.37. The van der Waals surface area contributed by atoms with E-state index in [1.165, 1.54) is 44.9 Å². The van der Waals surface area contributed by atoms with Crippen LogP contribution in [0.1, 0.15) is 85.4 Å². The maximum Gasteiger partial charge on any atom is 1.00 e. The van der Waals surface area contributed by atoms with E-state index in [4.69, 9.17) is 5.11 Å². The number of carboxylic acid groups (broad SMARTS) is 1. The summed E-state index contributed by atoms with van der Waals surface area (Å²) in [5.74, 6) is -0.671. The van der Waals surface area contributed by atoms with Gasteiger partial charge in [-0.3, -0.25) is 4.79 Å². The van der Waals surface area contributed by atoms with Crippen molar-refractivity contribution in [2.45, 2.75) is 84.0 Å². The summed E-state index contributed by atoms with van der Waals surface area (Å²) < 4.78 is 0. The number of carboxylic acids is 1. The average Bonchev–Trinajstić information content (AvgIpc) is 2.43. The third-order valence-electron chi connectivity index (χ3n) is 3.34. The summed E-state index contributed by atoms with van der Waals surface area (Å²) in [6, 6.07) is 0. The molecule has 0 aliphatic carbocycles. The third-order valence-corrected chi connectivity index (χ3v) is 3.34. The van der Waals surface area contributed by atoms with Crippen LogP contribution in [0.3, 0.4) is 0 Å². The van der Waals surface area contributed by atoms with Gasteiger partial charge in [-0.05, 0) is 38.5 Å². The molecule has 0 amide bonds. The minimum absolute atomic E-state index is 0. The van der Waals surface area contributed by atoms with Crippen molar-refractivity contribution in [2.24, 2.45) is 0 Å². The number of hydrogen-bond acceptors (Lipinski definition) is 1. The molecule has 0 unspecified atom stereocenters. The van der Waals surface area contributed by atoms with Crippen molar-refractivity contribution in [3.05, 3.63) is 24.3 Å². The fraction of sp³-hybridized carbons (Fsp3) is 0.722. The second kappa shape index (κ2) is 19.9. The van der Waals surface area contributed by atoms with Gasteiger partial charge in [0.25, 0.3) is 0 Å². The molecule has 0 rings (SSSR count). The zero-order valence-electron chi connectivity index (χ0n) is 15.2. The number of rotatable bonds is 14. The van der Waals surface area contributed by atoms with Gasteiger partial charge in [-0.15, -0.1) is 0 Å². The monoisotopic (exact) mass is 304 g/mol. The van der Waals surface area contributed by atoms with Gasteiger partial charge in [0, 0.05) is 6.42 Å². The fourth-order valence-electron chi connectivity index (χ4n) is 2.09. The normalized spacial score (nSPS) is 11.1. The van der Waals surface area contributed by atoms with E-state index in [1.54, 1.807) is 0 Å². The summed E-state index contributed by atoms with van der Waals surface area (Å²) in [6.45, 7) is 2.23. The van der Waals surface area contributed by atoms with Gasteiger partial charge in [-0.2, -0.15) is 0 Å². The van der Waals surface area contributed by atoms with E-state index >= 15 is 0 Å². The summed E-state index contributed by atoms with van der Waals surface area (Å²) in [4.78, 5) is 10.3. The van der Waals surface area contributed by atoms with E-state index in [9.17, 15) is 4.79 Å². The number of unbranched alkanes of at least 4 members (excludes halogenated alkanes) is 8. The second-order valence-corrected chi connectivity index (χ2v) is 5.37. The summed E-state index contributed by atoms with van der Waals surface area (Å²) in [5, 5.41) is 8.50. The summed E-state index contributed by atoms with van der Waals surface area (Å²) >= 11 is 0. The van der Waals surface area contributed by atoms with Gasteiger partial charge in [0.15, 0.2) is 0 Å². The summed E-state index contributed by atoms with van der Waals surface area (Å²) in [6.07, 6.45) is 22.3. The van der Waals surface area contributed by atoms with Crippen LogP contribution in [0.15, 0.2) is 24.3 Å². The number of aliphatic carboxylic acids is 1. The molecule has 1 N–H and O–H groups in total. The molecule has 0 atom stereocenters. The van der Waals surface area contributed by atoms with Crippen LogP contribution in [0.4, 0.5) is 0 Å². The van der Waals surface area contributed by atoms with Gasteiger partial charge in [0.2, 0.25) is 0 Å². The predicted octanol–water partition coefficient (Wildman–Crippen LogP) is 3.00. The number of carbonyl (C=O) groups is 1. The average molecular weight is 304 g/mol. The van der Waals surface area contributed by atoms with Gasteiger partial charge in [0.05, 0.1) is 0 Å². The maximum absolute atomic E-state index is 10.3. The molecule has 0 aliphatic heterocycles. The number of hydrogen-bond donors (Lipinski definition) is 1. The molecule has 0 aromatic heterocycles. The summed E-state index contributed by atoms with van der Waals surface area (Å²) in [5.41, 5.74) is 0. The van der Waals surface area contributed by atoms with Crippen LogP contribution in [0, 0.1) is 0 Å². The van der Waals surface area contributed by atoms with Gasteiger partial charge >= 0.3 is 35.5 Å². The minimum atomic E-state index is -0.671. The minimum Gasteiger partial charge on any atom is -1.00 e. The van der Waals surface area contributed by atoms with E-state index in [0.717, 1.165) is 25.7 Å². The molecule has 0 aliphatic rings. The van der Waals surface area contributed by atoms with Crippen molar-refractivity contribution in [3.8, 4) is 0 Å². The molecule has 21 heavy (non-hydrogen) atoms.